The number of ether oxygens (including phenoxy) is 2. The number of hydrogen-bond donors (Lipinski definition) is 1. The quantitative estimate of drug-likeness (QED) is 0.673. The van der Waals surface area contributed by atoms with Crippen LogP contribution in [0.3, 0.4) is 0 Å². The van der Waals surface area contributed by atoms with Crippen molar-refractivity contribution in [2.45, 2.75) is 40.7 Å². The van der Waals surface area contributed by atoms with Gasteiger partial charge in [-0.25, -0.2) is 0 Å². The number of hydrogen-bond acceptors (Lipinski definition) is 4. The van der Waals surface area contributed by atoms with E-state index in [4.69, 9.17) is 21.1 Å². The van der Waals surface area contributed by atoms with Gasteiger partial charge in [-0.15, -0.1) is 0 Å². The van der Waals surface area contributed by atoms with E-state index in [1.54, 1.807) is 18.2 Å². The van der Waals surface area contributed by atoms with Gasteiger partial charge < -0.3 is 14.8 Å². The van der Waals surface area contributed by atoms with Gasteiger partial charge in [0.25, 0.3) is 5.91 Å². The Bertz CT molecular complexity index is 759. The van der Waals surface area contributed by atoms with Crippen LogP contribution in [-0.4, -0.2) is 35.4 Å². The lowest BCUT2D eigenvalue weighted by atomic mass is 10.2. The van der Waals surface area contributed by atoms with E-state index in [0.717, 1.165) is 17.8 Å². The van der Waals surface area contributed by atoms with Gasteiger partial charge in [-0.1, -0.05) is 11.6 Å². The van der Waals surface area contributed by atoms with Crippen molar-refractivity contribution in [1.82, 2.24) is 15.1 Å². The number of nitrogens with one attached hydrogen (secondary N) is 1. The normalized spacial score (nSPS) is 10.7. The Hall–Kier alpha value is -2.21. The summed E-state index contributed by atoms with van der Waals surface area (Å²) in [7, 11) is 0. The second-order valence-corrected chi connectivity index (χ2v) is 6.22. The Kier molecular flexibility index (Phi) is 7.33. The van der Waals surface area contributed by atoms with Crippen LogP contribution in [-0.2, 0) is 6.54 Å². The molecule has 142 valence electrons. The van der Waals surface area contributed by atoms with Crippen molar-refractivity contribution in [1.29, 1.82) is 0 Å². The Morgan fingerprint density at radius 3 is 2.50 bits per heavy atom. The van der Waals surface area contributed by atoms with E-state index in [1.165, 1.54) is 0 Å². The minimum absolute atomic E-state index is 0.139. The third kappa shape index (κ3) is 4.91. The lowest BCUT2D eigenvalue weighted by molar-refractivity contribution is 0.0952. The van der Waals surface area contributed by atoms with Crippen LogP contribution >= 0.6 is 11.6 Å². The standard InChI is InChI=1S/C19H26ClN3O3/c1-5-25-16-9-8-15(12-17(16)26-6-2)19(24)21-10-7-11-23-14(4)18(20)13(3)22-23/h8-9,12H,5-7,10-11H2,1-4H3,(H,21,24). The van der Waals surface area contributed by atoms with Crippen LogP contribution in [0.5, 0.6) is 11.5 Å². The number of amides is 1. The molecule has 0 atom stereocenters. The number of carbonyl (C=O) groups excluding carboxylic acids is 1. The largest absolute Gasteiger partial charge is 0.490 e. The molecule has 1 heterocycles. The molecule has 0 aliphatic carbocycles. The first-order valence-corrected chi connectivity index (χ1v) is 9.23. The smallest absolute Gasteiger partial charge is 0.251 e. The first-order valence-electron chi connectivity index (χ1n) is 8.85. The number of carbonyl (C=O) groups is 1. The summed E-state index contributed by atoms with van der Waals surface area (Å²) < 4.78 is 12.9. The van der Waals surface area contributed by atoms with E-state index in [2.05, 4.69) is 10.4 Å². The van der Waals surface area contributed by atoms with E-state index in [9.17, 15) is 4.79 Å². The van der Waals surface area contributed by atoms with E-state index in [1.807, 2.05) is 32.4 Å². The summed E-state index contributed by atoms with van der Waals surface area (Å²) in [6.07, 6.45) is 0.763. The molecule has 26 heavy (non-hydrogen) atoms. The topological polar surface area (TPSA) is 65.4 Å². The highest BCUT2D eigenvalue weighted by Crippen LogP contribution is 2.28. The molecule has 1 aromatic carbocycles. The van der Waals surface area contributed by atoms with Crippen molar-refractivity contribution in [3.05, 3.63) is 40.2 Å². The van der Waals surface area contributed by atoms with E-state index in [0.29, 0.717) is 48.4 Å². The third-order valence-electron chi connectivity index (χ3n) is 3.93. The molecule has 2 rings (SSSR count). The minimum atomic E-state index is -0.139. The van der Waals surface area contributed by atoms with Crippen LogP contribution in [0.15, 0.2) is 18.2 Å². The Balaban J connectivity index is 1.91. The Morgan fingerprint density at radius 2 is 1.88 bits per heavy atom. The second kappa shape index (κ2) is 9.48. The van der Waals surface area contributed by atoms with E-state index < -0.39 is 0 Å². The first-order chi connectivity index (χ1) is 12.5. The molecule has 1 amide bonds. The lowest BCUT2D eigenvalue weighted by Crippen LogP contribution is -2.25. The summed E-state index contributed by atoms with van der Waals surface area (Å²) in [6.45, 7) is 9.93. The molecule has 6 nitrogen and oxygen atoms in total. The first kappa shape index (κ1) is 20.1. The highest BCUT2D eigenvalue weighted by Gasteiger charge is 2.12. The van der Waals surface area contributed by atoms with Crippen LogP contribution in [0.25, 0.3) is 0 Å². The molecule has 7 heteroatoms. The summed E-state index contributed by atoms with van der Waals surface area (Å²) in [6, 6.07) is 5.22. The van der Waals surface area contributed by atoms with Gasteiger partial charge in [-0.05, 0) is 52.3 Å². The maximum atomic E-state index is 12.4. The molecule has 0 saturated carbocycles. The number of aromatic nitrogens is 2. The number of benzene rings is 1. The molecular weight excluding hydrogens is 354 g/mol. The molecule has 0 saturated heterocycles. The fraction of sp³-hybridized carbons (Fsp3) is 0.474. The molecule has 0 aliphatic rings. The maximum absolute atomic E-state index is 12.4. The van der Waals surface area contributed by atoms with E-state index >= 15 is 0 Å². The predicted octanol–water partition coefficient (Wildman–Crippen LogP) is 3.77. The number of aryl methyl sites for hydroxylation is 2. The van der Waals surface area contributed by atoms with Gasteiger partial charge in [-0.2, -0.15) is 5.10 Å². The van der Waals surface area contributed by atoms with Crippen LogP contribution in [0.4, 0.5) is 0 Å². The summed E-state index contributed by atoms with van der Waals surface area (Å²) >= 11 is 6.14. The fourth-order valence-corrected chi connectivity index (χ4v) is 2.75. The van der Waals surface area contributed by atoms with Crippen molar-refractivity contribution < 1.29 is 14.3 Å². The summed E-state index contributed by atoms with van der Waals surface area (Å²) in [5.41, 5.74) is 2.32. The number of rotatable bonds is 9. The molecule has 1 aromatic heterocycles. The lowest BCUT2D eigenvalue weighted by Gasteiger charge is -2.12. The molecule has 2 aromatic rings. The number of nitrogens with zero attached hydrogens (tertiary/aromatic N) is 2. The fourth-order valence-electron chi connectivity index (χ4n) is 2.62. The molecule has 0 aliphatic heterocycles. The van der Waals surface area contributed by atoms with Gasteiger partial charge in [-0.3, -0.25) is 9.48 Å². The van der Waals surface area contributed by atoms with E-state index in [-0.39, 0.29) is 5.91 Å². The van der Waals surface area contributed by atoms with Gasteiger partial charge in [0.15, 0.2) is 11.5 Å². The van der Waals surface area contributed by atoms with Crippen LogP contribution in [0, 0.1) is 13.8 Å². The van der Waals surface area contributed by atoms with Gasteiger partial charge in [0.05, 0.1) is 29.6 Å². The van der Waals surface area contributed by atoms with Crippen molar-refractivity contribution in [3.8, 4) is 11.5 Å². The van der Waals surface area contributed by atoms with Gasteiger partial charge in [0.2, 0.25) is 0 Å². The molecule has 0 unspecified atom stereocenters. The van der Waals surface area contributed by atoms with Gasteiger partial charge in [0, 0.05) is 18.7 Å². The second-order valence-electron chi connectivity index (χ2n) is 5.84. The predicted molar refractivity (Wildman–Crippen MR) is 102 cm³/mol. The average Bonchev–Trinajstić information content (AvgIpc) is 2.87. The molecule has 0 fully saturated rings. The van der Waals surface area contributed by atoms with Crippen molar-refractivity contribution >= 4 is 17.5 Å². The molecule has 0 bridgehead atoms. The summed E-state index contributed by atoms with van der Waals surface area (Å²) in [5, 5.41) is 8.01. The third-order valence-corrected chi connectivity index (χ3v) is 4.48. The zero-order valence-corrected chi connectivity index (χ0v) is 16.5. The van der Waals surface area contributed by atoms with Gasteiger partial charge in [0.1, 0.15) is 0 Å². The monoisotopic (exact) mass is 379 g/mol. The minimum Gasteiger partial charge on any atom is -0.490 e. The molecule has 0 spiro atoms. The zero-order chi connectivity index (χ0) is 19.1. The summed E-state index contributed by atoms with van der Waals surface area (Å²) in [4.78, 5) is 12.4. The van der Waals surface area contributed by atoms with Crippen LogP contribution in [0.1, 0.15) is 42.0 Å². The van der Waals surface area contributed by atoms with Crippen LogP contribution in [0.2, 0.25) is 5.02 Å². The van der Waals surface area contributed by atoms with Gasteiger partial charge >= 0.3 is 0 Å². The molecule has 1 N–H and O–H groups in total. The van der Waals surface area contributed by atoms with Crippen LogP contribution < -0.4 is 14.8 Å². The maximum Gasteiger partial charge on any atom is 0.251 e. The average molecular weight is 380 g/mol. The number of halogens is 1. The summed E-state index contributed by atoms with van der Waals surface area (Å²) in [5.74, 6) is 1.09. The highest BCUT2D eigenvalue weighted by molar-refractivity contribution is 6.31. The van der Waals surface area contributed by atoms with Crippen molar-refractivity contribution in [2.75, 3.05) is 19.8 Å². The zero-order valence-electron chi connectivity index (χ0n) is 15.8. The highest BCUT2D eigenvalue weighted by atomic mass is 35.5. The molecule has 0 radical (unpaired) electrons. The SMILES string of the molecule is CCOc1ccc(C(=O)NCCCn2nc(C)c(Cl)c2C)cc1OCC. The Labute approximate surface area is 159 Å². The molecular formula is C19H26ClN3O3. The van der Waals surface area contributed by atoms with Crippen molar-refractivity contribution in [3.63, 3.8) is 0 Å². The van der Waals surface area contributed by atoms with Crippen molar-refractivity contribution in [2.24, 2.45) is 0 Å². The Morgan fingerprint density at radius 1 is 1.19 bits per heavy atom.